The summed E-state index contributed by atoms with van der Waals surface area (Å²) in [7, 11) is 0.573. The number of hydrogen-bond donors (Lipinski definition) is 0. The van der Waals surface area contributed by atoms with Crippen LogP contribution in [-0.2, 0) is 16.2 Å². The van der Waals surface area contributed by atoms with Crippen LogP contribution in [0.5, 0.6) is 0 Å². The summed E-state index contributed by atoms with van der Waals surface area (Å²) < 4.78 is 28.6. The highest BCUT2D eigenvalue weighted by Gasteiger charge is 2.31. The normalized spacial score (nSPS) is 16.5. The molecule has 39 heavy (non-hydrogen) atoms. The van der Waals surface area contributed by atoms with Crippen molar-refractivity contribution in [2.45, 2.75) is 77.7 Å². The molecule has 0 spiro atoms. The first-order chi connectivity index (χ1) is 18.3. The van der Waals surface area contributed by atoms with Gasteiger partial charge in [-0.3, -0.25) is 4.98 Å². The van der Waals surface area contributed by atoms with Crippen molar-refractivity contribution < 1.29 is 18.7 Å². The molecule has 3 aromatic rings. The van der Waals surface area contributed by atoms with E-state index in [1.54, 1.807) is 30.4 Å². The zero-order valence-electron chi connectivity index (χ0n) is 24.3. The molecule has 1 amide bonds. The fourth-order valence-corrected chi connectivity index (χ4v) is 5.59. The van der Waals surface area contributed by atoms with Gasteiger partial charge in [-0.15, -0.1) is 0 Å². The van der Waals surface area contributed by atoms with Crippen molar-refractivity contribution in [3.05, 3.63) is 42.6 Å². The Bertz CT molecular complexity index is 1300. The Hall–Kier alpha value is -2.98. The van der Waals surface area contributed by atoms with Crippen molar-refractivity contribution in [3.8, 4) is 11.3 Å². The van der Waals surface area contributed by atoms with E-state index in [1.807, 2.05) is 37.6 Å². The maximum Gasteiger partial charge on any atom is 0.410 e. The molecule has 0 bridgehead atoms. The summed E-state index contributed by atoms with van der Waals surface area (Å²) in [5, 5.41) is 0.837. The molecule has 0 aromatic carbocycles. The third-order valence-corrected chi connectivity index (χ3v) is 8.65. The Morgan fingerprint density at radius 1 is 1.21 bits per heavy atom. The average molecular weight is 556 g/mol. The Kier molecular flexibility index (Phi) is 8.65. The Morgan fingerprint density at radius 2 is 1.97 bits per heavy atom. The number of hydrogen-bond acceptors (Lipinski definition) is 6. The smallest absolute Gasteiger partial charge is 0.410 e. The Balaban J connectivity index is 1.68. The molecule has 3 aromatic heterocycles. The molecule has 1 saturated heterocycles. The molecule has 10 heteroatoms. The number of rotatable bonds is 8. The lowest BCUT2D eigenvalue weighted by molar-refractivity contribution is 0.0210. The minimum absolute atomic E-state index is 0.0150. The number of anilines is 1. The van der Waals surface area contributed by atoms with Crippen LogP contribution in [0.15, 0.2) is 36.8 Å². The summed E-state index contributed by atoms with van der Waals surface area (Å²) in [6.07, 6.45) is 6.76. The summed E-state index contributed by atoms with van der Waals surface area (Å²) in [5.41, 5.74) is 2.09. The van der Waals surface area contributed by atoms with Gasteiger partial charge < -0.3 is 23.8 Å². The molecule has 1 aliphatic heterocycles. The van der Waals surface area contributed by atoms with E-state index in [-0.39, 0.29) is 23.6 Å². The lowest BCUT2D eigenvalue weighted by Crippen LogP contribution is -2.49. The number of nitrogens with zero attached hydrogens (tertiary/aromatic N) is 5. The number of ether oxygens (including phenoxy) is 2. The van der Waals surface area contributed by atoms with E-state index >= 15 is 4.39 Å². The number of likely N-dealkylation sites (N-methyl/N-ethyl adjacent to an activating group) is 1. The third-order valence-electron chi connectivity index (χ3n) is 6.94. The van der Waals surface area contributed by atoms with Crippen molar-refractivity contribution in [2.75, 3.05) is 31.6 Å². The molecule has 0 N–H and O–H groups in total. The molecule has 0 aliphatic carbocycles. The SMILES string of the molecule is CN(C(=O)OC(C)(C)C)[C@H]1CCCN(c2ccnc3c2c(-c2ncccc2F)cn3COCC[Si](C)(C)C)C1. The number of halogens is 1. The van der Waals surface area contributed by atoms with Gasteiger partial charge in [-0.05, 0) is 57.9 Å². The zero-order chi connectivity index (χ0) is 28.4. The van der Waals surface area contributed by atoms with Gasteiger partial charge in [0, 0.05) is 59.0 Å². The van der Waals surface area contributed by atoms with E-state index in [0.717, 1.165) is 42.2 Å². The van der Waals surface area contributed by atoms with Crippen LogP contribution in [0, 0.1) is 5.82 Å². The second-order valence-corrected chi connectivity index (χ2v) is 18.2. The number of carbonyl (C=O) groups excluding carboxylic acids is 1. The molecule has 1 atom stereocenters. The summed E-state index contributed by atoms with van der Waals surface area (Å²) in [5.74, 6) is -0.382. The van der Waals surface area contributed by atoms with Crippen LogP contribution >= 0.6 is 0 Å². The molecule has 0 radical (unpaired) electrons. The summed E-state index contributed by atoms with van der Waals surface area (Å²) in [6.45, 7) is 15.0. The summed E-state index contributed by atoms with van der Waals surface area (Å²) in [4.78, 5) is 25.8. The second-order valence-electron chi connectivity index (χ2n) is 12.6. The van der Waals surface area contributed by atoms with E-state index in [2.05, 4.69) is 29.5 Å². The van der Waals surface area contributed by atoms with Gasteiger partial charge in [-0.1, -0.05) is 19.6 Å². The van der Waals surface area contributed by atoms with Gasteiger partial charge in [-0.2, -0.15) is 0 Å². The van der Waals surface area contributed by atoms with E-state index in [9.17, 15) is 4.79 Å². The van der Waals surface area contributed by atoms with E-state index in [1.165, 1.54) is 6.07 Å². The van der Waals surface area contributed by atoms with Crippen molar-refractivity contribution >= 4 is 30.9 Å². The summed E-state index contributed by atoms with van der Waals surface area (Å²) in [6, 6.07) is 6.04. The molecule has 0 unspecified atom stereocenters. The second kappa shape index (κ2) is 11.6. The van der Waals surface area contributed by atoms with E-state index < -0.39 is 13.7 Å². The maximum atomic E-state index is 15.0. The predicted octanol–water partition coefficient (Wildman–Crippen LogP) is 6.39. The molecule has 212 valence electrons. The first-order valence-electron chi connectivity index (χ1n) is 13.7. The quantitative estimate of drug-likeness (QED) is 0.237. The minimum Gasteiger partial charge on any atom is -0.444 e. The largest absolute Gasteiger partial charge is 0.444 e. The van der Waals surface area contributed by atoms with Crippen LogP contribution in [0.4, 0.5) is 14.9 Å². The van der Waals surface area contributed by atoms with Gasteiger partial charge in [0.15, 0.2) is 0 Å². The number of piperidine rings is 1. The van der Waals surface area contributed by atoms with Gasteiger partial charge in [0.05, 0.1) is 17.1 Å². The molecular weight excluding hydrogens is 513 g/mol. The van der Waals surface area contributed by atoms with Gasteiger partial charge in [0.25, 0.3) is 0 Å². The molecule has 0 saturated carbocycles. The lowest BCUT2D eigenvalue weighted by atomic mass is 10.0. The molecule has 4 heterocycles. The van der Waals surface area contributed by atoms with Crippen LogP contribution < -0.4 is 4.90 Å². The van der Waals surface area contributed by atoms with Crippen LogP contribution in [-0.4, -0.2) is 72.0 Å². The van der Waals surface area contributed by atoms with Crippen LogP contribution in [0.2, 0.25) is 25.7 Å². The van der Waals surface area contributed by atoms with Gasteiger partial charge in [-0.25, -0.2) is 14.2 Å². The first-order valence-corrected chi connectivity index (χ1v) is 17.4. The fourth-order valence-electron chi connectivity index (χ4n) is 4.84. The number of fused-ring (bicyclic) bond motifs is 1. The van der Waals surface area contributed by atoms with Crippen LogP contribution in [0.1, 0.15) is 33.6 Å². The predicted molar refractivity (Wildman–Crippen MR) is 156 cm³/mol. The van der Waals surface area contributed by atoms with Crippen LogP contribution in [0.25, 0.3) is 22.3 Å². The van der Waals surface area contributed by atoms with E-state index in [0.29, 0.717) is 25.4 Å². The molecule has 4 rings (SSSR count). The number of aromatic nitrogens is 3. The lowest BCUT2D eigenvalue weighted by Gasteiger charge is -2.39. The highest BCUT2D eigenvalue weighted by Crippen LogP contribution is 2.38. The van der Waals surface area contributed by atoms with Gasteiger partial charge in [0.2, 0.25) is 0 Å². The number of pyridine rings is 2. The standard InChI is InChI=1S/C29H42FN5O3Si/c1-29(2,3)38-28(36)33(4)21-10-9-15-34(18-21)24-12-14-32-27-25(24)22(26-23(30)11-8-13-31-26)19-35(27)20-37-16-17-39(5,6)7/h8,11-14,19,21H,9-10,15-18,20H2,1-7H3/t21-/m0/s1. The van der Waals surface area contributed by atoms with Gasteiger partial charge >= 0.3 is 6.09 Å². The number of amides is 1. The molecule has 1 fully saturated rings. The Morgan fingerprint density at radius 3 is 2.67 bits per heavy atom. The summed E-state index contributed by atoms with van der Waals surface area (Å²) >= 11 is 0. The first kappa shape index (κ1) is 29.0. The van der Waals surface area contributed by atoms with Crippen molar-refractivity contribution in [1.82, 2.24) is 19.4 Å². The average Bonchev–Trinajstić information content (AvgIpc) is 3.23. The van der Waals surface area contributed by atoms with Crippen molar-refractivity contribution in [1.29, 1.82) is 0 Å². The maximum absolute atomic E-state index is 15.0. The number of carbonyl (C=O) groups is 1. The fraction of sp³-hybridized carbons (Fsp3) is 0.552. The molecule has 8 nitrogen and oxygen atoms in total. The van der Waals surface area contributed by atoms with E-state index in [4.69, 9.17) is 14.5 Å². The van der Waals surface area contributed by atoms with Crippen LogP contribution in [0.3, 0.4) is 0 Å². The third kappa shape index (κ3) is 7.16. The highest BCUT2D eigenvalue weighted by atomic mass is 28.3. The Labute approximate surface area is 232 Å². The highest BCUT2D eigenvalue weighted by molar-refractivity contribution is 6.76. The van der Waals surface area contributed by atoms with Crippen molar-refractivity contribution in [3.63, 3.8) is 0 Å². The van der Waals surface area contributed by atoms with Crippen molar-refractivity contribution in [2.24, 2.45) is 0 Å². The molecular formula is C29H42FN5O3Si. The topological polar surface area (TPSA) is 72.7 Å². The zero-order valence-corrected chi connectivity index (χ0v) is 25.3. The molecule has 1 aliphatic rings. The van der Waals surface area contributed by atoms with Gasteiger partial charge in [0.1, 0.15) is 29.5 Å². The monoisotopic (exact) mass is 555 g/mol. The minimum atomic E-state index is -1.23.